The molecule has 1 aromatic heterocycles. The summed E-state index contributed by atoms with van der Waals surface area (Å²) in [4.78, 5) is 6.55. The molecule has 0 aromatic carbocycles. The Morgan fingerprint density at radius 3 is 2.56 bits per heavy atom. The molecule has 0 saturated carbocycles. The van der Waals surface area contributed by atoms with Crippen LogP contribution in [0.1, 0.15) is 26.3 Å². The van der Waals surface area contributed by atoms with Crippen LogP contribution in [0.5, 0.6) is 0 Å². The number of ether oxygens (including phenoxy) is 1. The zero-order valence-electron chi connectivity index (χ0n) is 12.2. The summed E-state index contributed by atoms with van der Waals surface area (Å²) in [5.41, 5.74) is 1.34. The van der Waals surface area contributed by atoms with Gasteiger partial charge in [0.15, 0.2) is 0 Å². The van der Waals surface area contributed by atoms with Gasteiger partial charge in [-0.05, 0) is 32.4 Å². The van der Waals surface area contributed by atoms with Crippen molar-refractivity contribution in [2.45, 2.75) is 32.9 Å². The van der Waals surface area contributed by atoms with E-state index in [2.05, 4.69) is 48.1 Å². The molecular formula is C14H25N3O. The van der Waals surface area contributed by atoms with Crippen LogP contribution in [-0.2, 0) is 11.3 Å². The zero-order chi connectivity index (χ0) is 13.6. The van der Waals surface area contributed by atoms with Gasteiger partial charge in [0.2, 0.25) is 0 Å². The molecule has 0 radical (unpaired) electrons. The SMILES string of the molecule is COCCN(C)c1ccc(CNC(C)(C)C)cn1. The van der Waals surface area contributed by atoms with E-state index in [1.807, 2.05) is 13.2 Å². The molecule has 0 fully saturated rings. The molecule has 0 aliphatic rings. The molecule has 0 spiro atoms. The van der Waals surface area contributed by atoms with E-state index in [-0.39, 0.29) is 5.54 Å². The van der Waals surface area contributed by atoms with E-state index in [0.717, 1.165) is 18.9 Å². The number of hydrogen-bond donors (Lipinski definition) is 1. The van der Waals surface area contributed by atoms with Crippen LogP contribution in [0.25, 0.3) is 0 Å². The van der Waals surface area contributed by atoms with E-state index < -0.39 is 0 Å². The Labute approximate surface area is 110 Å². The predicted octanol–water partition coefficient (Wildman–Crippen LogP) is 2.05. The van der Waals surface area contributed by atoms with Gasteiger partial charge in [-0.15, -0.1) is 0 Å². The van der Waals surface area contributed by atoms with Crippen molar-refractivity contribution in [1.29, 1.82) is 0 Å². The number of aromatic nitrogens is 1. The van der Waals surface area contributed by atoms with Gasteiger partial charge >= 0.3 is 0 Å². The van der Waals surface area contributed by atoms with Crippen LogP contribution in [-0.4, -0.2) is 37.8 Å². The lowest BCUT2D eigenvalue weighted by atomic mass is 10.1. The molecule has 18 heavy (non-hydrogen) atoms. The maximum absolute atomic E-state index is 5.05. The average molecular weight is 251 g/mol. The molecule has 1 rings (SSSR count). The summed E-state index contributed by atoms with van der Waals surface area (Å²) in [6.45, 7) is 8.89. The molecule has 102 valence electrons. The van der Waals surface area contributed by atoms with Crippen molar-refractivity contribution in [3.05, 3.63) is 23.9 Å². The molecule has 0 unspecified atom stereocenters. The Bertz CT molecular complexity index is 343. The lowest BCUT2D eigenvalue weighted by Gasteiger charge is -2.21. The fraction of sp³-hybridized carbons (Fsp3) is 0.643. The van der Waals surface area contributed by atoms with Crippen LogP contribution >= 0.6 is 0 Å². The van der Waals surface area contributed by atoms with E-state index in [1.165, 1.54) is 5.56 Å². The second-order valence-corrected chi connectivity index (χ2v) is 5.54. The first-order valence-corrected chi connectivity index (χ1v) is 6.32. The summed E-state index contributed by atoms with van der Waals surface area (Å²) in [7, 11) is 3.73. The number of rotatable bonds is 6. The molecule has 1 aromatic rings. The lowest BCUT2D eigenvalue weighted by molar-refractivity contribution is 0.206. The number of pyridine rings is 1. The number of hydrogen-bond acceptors (Lipinski definition) is 4. The Balaban J connectivity index is 2.52. The van der Waals surface area contributed by atoms with Crippen molar-refractivity contribution in [2.24, 2.45) is 0 Å². The first-order valence-electron chi connectivity index (χ1n) is 6.32. The van der Waals surface area contributed by atoms with Gasteiger partial charge in [0.25, 0.3) is 0 Å². The summed E-state index contributed by atoms with van der Waals surface area (Å²) >= 11 is 0. The highest BCUT2D eigenvalue weighted by atomic mass is 16.5. The van der Waals surface area contributed by atoms with Crippen LogP contribution < -0.4 is 10.2 Å². The van der Waals surface area contributed by atoms with Crippen LogP contribution in [0, 0.1) is 0 Å². The number of nitrogens with zero attached hydrogens (tertiary/aromatic N) is 2. The smallest absolute Gasteiger partial charge is 0.128 e. The first-order chi connectivity index (χ1) is 8.42. The van der Waals surface area contributed by atoms with Gasteiger partial charge in [0.05, 0.1) is 6.61 Å². The van der Waals surface area contributed by atoms with Gasteiger partial charge in [0, 0.05) is 39.0 Å². The fourth-order valence-corrected chi connectivity index (χ4v) is 1.46. The zero-order valence-corrected chi connectivity index (χ0v) is 12.2. The summed E-state index contributed by atoms with van der Waals surface area (Å²) < 4.78 is 5.05. The van der Waals surface area contributed by atoms with Gasteiger partial charge in [-0.3, -0.25) is 0 Å². The molecule has 0 amide bonds. The van der Waals surface area contributed by atoms with Gasteiger partial charge in [-0.2, -0.15) is 0 Å². The summed E-state index contributed by atoms with van der Waals surface area (Å²) in [6, 6.07) is 4.17. The normalized spacial score (nSPS) is 11.6. The highest BCUT2D eigenvalue weighted by Crippen LogP contribution is 2.10. The minimum Gasteiger partial charge on any atom is -0.383 e. The van der Waals surface area contributed by atoms with Crippen molar-refractivity contribution in [3.8, 4) is 0 Å². The largest absolute Gasteiger partial charge is 0.383 e. The summed E-state index contributed by atoms with van der Waals surface area (Å²) in [6.07, 6.45) is 1.93. The third kappa shape index (κ3) is 5.47. The van der Waals surface area contributed by atoms with Crippen molar-refractivity contribution >= 4 is 5.82 Å². The van der Waals surface area contributed by atoms with E-state index in [9.17, 15) is 0 Å². The van der Waals surface area contributed by atoms with E-state index in [1.54, 1.807) is 7.11 Å². The first kappa shape index (κ1) is 14.9. The maximum Gasteiger partial charge on any atom is 0.128 e. The van der Waals surface area contributed by atoms with Gasteiger partial charge in [-0.1, -0.05) is 6.07 Å². The summed E-state index contributed by atoms with van der Waals surface area (Å²) in [5.74, 6) is 0.978. The molecule has 0 bridgehead atoms. The topological polar surface area (TPSA) is 37.4 Å². The number of likely N-dealkylation sites (N-methyl/N-ethyl adjacent to an activating group) is 1. The Morgan fingerprint density at radius 2 is 2.06 bits per heavy atom. The molecule has 0 atom stereocenters. The van der Waals surface area contributed by atoms with E-state index in [0.29, 0.717) is 6.61 Å². The van der Waals surface area contributed by atoms with E-state index >= 15 is 0 Å². The summed E-state index contributed by atoms with van der Waals surface area (Å²) in [5, 5.41) is 3.45. The molecular weight excluding hydrogens is 226 g/mol. The minimum absolute atomic E-state index is 0.133. The molecule has 1 heterocycles. The number of nitrogens with one attached hydrogen (secondary N) is 1. The second kappa shape index (κ2) is 6.71. The van der Waals surface area contributed by atoms with Crippen molar-refractivity contribution in [1.82, 2.24) is 10.3 Å². The molecule has 0 saturated heterocycles. The third-order valence-electron chi connectivity index (χ3n) is 2.65. The monoisotopic (exact) mass is 251 g/mol. The molecule has 0 aliphatic carbocycles. The fourth-order valence-electron chi connectivity index (χ4n) is 1.46. The van der Waals surface area contributed by atoms with Crippen LogP contribution in [0.2, 0.25) is 0 Å². The Kier molecular flexibility index (Phi) is 5.56. The molecule has 4 nitrogen and oxygen atoms in total. The van der Waals surface area contributed by atoms with Crippen LogP contribution in [0.3, 0.4) is 0 Å². The second-order valence-electron chi connectivity index (χ2n) is 5.54. The Hall–Kier alpha value is -1.13. The highest BCUT2D eigenvalue weighted by molar-refractivity contribution is 5.38. The Morgan fingerprint density at radius 1 is 1.33 bits per heavy atom. The lowest BCUT2D eigenvalue weighted by Crippen LogP contribution is -2.35. The van der Waals surface area contributed by atoms with Crippen LogP contribution in [0.4, 0.5) is 5.82 Å². The molecule has 4 heteroatoms. The average Bonchev–Trinajstić information content (AvgIpc) is 2.33. The maximum atomic E-state index is 5.05. The quantitative estimate of drug-likeness (QED) is 0.839. The number of anilines is 1. The minimum atomic E-state index is 0.133. The third-order valence-corrected chi connectivity index (χ3v) is 2.65. The number of methoxy groups -OCH3 is 1. The van der Waals surface area contributed by atoms with E-state index in [4.69, 9.17) is 4.74 Å². The van der Waals surface area contributed by atoms with Crippen molar-refractivity contribution in [2.75, 3.05) is 32.2 Å². The standard InChI is InChI=1S/C14H25N3O/c1-14(2,3)16-11-12-6-7-13(15-10-12)17(4)8-9-18-5/h6-7,10,16H,8-9,11H2,1-5H3. The van der Waals surface area contributed by atoms with Gasteiger partial charge in [-0.25, -0.2) is 4.98 Å². The van der Waals surface area contributed by atoms with Gasteiger partial charge < -0.3 is 15.0 Å². The highest BCUT2D eigenvalue weighted by Gasteiger charge is 2.08. The van der Waals surface area contributed by atoms with Crippen LogP contribution in [0.15, 0.2) is 18.3 Å². The predicted molar refractivity (Wildman–Crippen MR) is 76.0 cm³/mol. The van der Waals surface area contributed by atoms with Crippen molar-refractivity contribution in [3.63, 3.8) is 0 Å². The molecule has 0 aliphatic heterocycles. The van der Waals surface area contributed by atoms with Gasteiger partial charge in [0.1, 0.15) is 5.82 Å². The van der Waals surface area contributed by atoms with Crippen molar-refractivity contribution < 1.29 is 4.74 Å². The molecule has 1 N–H and O–H groups in total.